The van der Waals surface area contributed by atoms with E-state index in [2.05, 4.69) is 15.2 Å². The lowest BCUT2D eigenvalue weighted by Gasteiger charge is -2.02. The number of carbonyl (C=O) groups is 1. The predicted octanol–water partition coefficient (Wildman–Crippen LogP) is 0.101. The second kappa shape index (κ2) is 3.90. The highest BCUT2D eigenvalue weighted by Crippen LogP contribution is 1.92. The van der Waals surface area contributed by atoms with Crippen LogP contribution in [0.1, 0.15) is 0 Å². The minimum absolute atomic E-state index is 0.946. The molecule has 0 fully saturated rings. The molecule has 8 nitrogen and oxygen atoms in total. The Morgan fingerprint density at radius 1 is 1.80 bits per heavy atom. The van der Waals surface area contributed by atoms with Gasteiger partial charge in [0, 0.05) is 0 Å². The molecule has 54 valence electrons. The average Bonchev–Trinajstić information content (AvgIpc) is 1.82. The molecule has 0 aromatic rings. The van der Waals surface area contributed by atoms with Crippen LogP contribution in [0.25, 0.3) is 5.43 Å². The molecule has 0 atom stereocenters. The minimum atomic E-state index is -1.59. The first-order chi connectivity index (χ1) is 4.66. The number of nitro groups is 1. The van der Waals surface area contributed by atoms with E-state index in [1.54, 1.807) is 0 Å². The molecule has 0 N–H and O–H groups in total. The molecule has 0 aliphatic rings. The van der Waals surface area contributed by atoms with Gasteiger partial charge in [0.15, 0.2) is 0 Å². The number of nitriles is 1. The zero-order valence-electron chi connectivity index (χ0n) is 4.38. The number of amides is 1. The topological polar surface area (TPSA) is 117 Å². The normalized spacial score (nSPS) is 7.10. The highest BCUT2D eigenvalue weighted by atomic mass is 17.2. The molecule has 0 aromatic carbocycles. The molecule has 0 saturated carbocycles. The van der Waals surface area contributed by atoms with Gasteiger partial charge in [0.2, 0.25) is 0 Å². The zero-order valence-corrected chi connectivity index (χ0v) is 4.38. The Balaban J connectivity index is 3.47. The average molecular weight is 146 g/mol. The number of nitrogens with zero attached hydrogens (tertiary/aromatic N) is 3. The Kier molecular flexibility index (Phi) is 3.11. The molecule has 0 heterocycles. The third kappa shape index (κ3) is 4.13. The fourth-order valence-corrected chi connectivity index (χ4v) is 0.138. The van der Waals surface area contributed by atoms with Crippen molar-refractivity contribution in [3.8, 4) is 6.26 Å². The highest BCUT2D eigenvalue weighted by Gasteiger charge is 1.94. The van der Waals surface area contributed by atoms with Gasteiger partial charge in [0.1, 0.15) is 0 Å². The minimum Gasteiger partial charge on any atom is -0.274 e. The fraction of sp³-hybridized carbons (Fsp3) is 0. The van der Waals surface area contributed by atoms with Gasteiger partial charge in [0.25, 0.3) is 0 Å². The Hall–Kier alpha value is -2.04. The molecular weight excluding hydrogens is 146 g/mol. The van der Waals surface area contributed by atoms with Crippen LogP contribution in [0, 0.1) is 21.6 Å². The van der Waals surface area contributed by atoms with Gasteiger partial charge in [-0.25, -0.2) is 4.89 Å². The Morgan fingerprint density at radius 2 is 2.40 bits per heavy atom. The molecule has 0 bridgehead atoms. The van der Waals surface area contributed by atoms with Gasteiger partial charge in [-0.3, -0.25) is 25.2 Å². The van der Waals surface area contributed by atoms with Gasteiger partial charge in [-0.1, -0.05) is 0 Å². The summed E-state index contributed by atoms with van der Waals surface area (Å²) in [6.07, 6.45) is -0.645. The van der Waals surface area contributed by atoms with E-state index in [0.29, 0.717) is 0 Å². The van der Waals surface area contributed by atoms with E-state index in [0.717, 1.165) is 6.26 Å². The zero-order chi connectivity index (χ0) is 7.98. The number of rotatable bonds is 2. The summed E-state index contributed by atoms with van der Waals surface area (Å²) in [5, 5.41) is 15.7. The van der Waals surface area contributed by atoms with Crippen molar-refractivity contribution in [2.24, 2.45) is 0 Å². The van der Waals surface area contributed by atoms with E-state index < -0.39 is 11.1 Å². The van der Waals surface area contributed by atoms with E-state index >= 15 is 0 Å². The first-order valence-corrected chi connectivity index (χ1v) is 1.79. The van der Waals surface area contributed by atoms with Crippen LogP contribution in [-0.2, 0) is 9.78 Å². The van der Waals surface area contributed by atoms with Crippen molar-refractivity contribution in [3.63, 3.8) is 0 Å². The van der Waals surface area contributed by atoms with Crippen LogP contribution in [0.2, 0.25) is 0 Å². The third-order valence-corrected chi connectivity index (χ3v) is 0.314. The summed E-state index contributed by atoms with van der Waals surface area (Å²) in [5.74, 6) is 0. The Labute approximate surface area is 54.0 Å². The van der Waals surface area contributed by atoms with Crippen molar-refractivity contribution >= 4 is 6.09 Å². The molecule has 1 amide bonds. The summed E-state index contributed by atoms with van der Waals surface area (Å²) in [6, 6.07) is 0. The van der Waals surface area contributed by atoms with Crippen molar-refractivity contribution in [1.82, 2.24) is 0 Å². The Bertz CT molecular complexity index is 182. The van der Waals surface area contributed by atoms with E-state index in [1.807, 2.05) is 0 Å². The van der Waals surface area contributed by atoms with Gasteiger partial charge in [-0.2, -0.15) is 0 Å². The van der Waals surface area contributed by atoms with Crippen LogP contribution in [0.4, 0.5) is 4.79 Å². The van der Waals surface area contributed by atoms with Crippen molar-refractivity contribution in [2.45, 2.75) is 0 Å². The Morgan fingerprint density at radius 3 is 2.80 bits per heavy atom. The maximum atomic E-state index is 9.91. The molecule has 10 heavy (non-hydrogen) atoms. The summed E-state index contributed by atoms with van der Waals surface area (Å²) in [4.78, 5) is 26.0. The van der Waals surface area contributed by atoms with Crippen LogP contribution in [-0.4, -0.2) is 11.1 Å². The molecule has 8 heteroatoms. The number of hydrogen-bond acceptors (Lipinski definition) is 6. The summed E-state index contributed by atoms with van der Waals surface area (Å²) < 4.78 is 0. The first kappa shape index (κ1) is 7.96. The van der Waals surface area contributed by atoms with Gasteiger partial charge in [0.05, 0.1) is 0 Å². The van der Waals surface area contributed by atoms with Crippen LogP contribution < -0.4 is 0 Å². The number of carbonyl (C=O) groups excluding carboxylic acids is 1. The van der Waals surface area contributed by atoms with Crippen LogP contribution in [0.3, 0.4) is 0 Å². The molecule has 0 aliphatic carbocycles. The summed E-state index contributed by atoms with van der Waals surface area (Å²) in [5.41, 5.74) is 2.10. The molecule has 0 spiro atoms. The molecule has 0 aliphatic heterocycles. The smallest absolute Gasteiger partial charge is 0.274 e. The fourth-order valence-electron chi connectivity index (χ4n) is 0.138. The second-order valence-corrected chi connectivity index (χ2v) is 0.862. The van der Waals surface area contributed by atoms with Crippen molar-refractivity contribution in [3.05, 3.63) is 15.5 Å². The standard InChI is InChI=1S/C2HN3O5/c3-1-9-10-2(6)4-5(7)8/h(H,4,6)/p-1. The van der Waals surface area contributed by atoms with Crippen LogP contribution in [0.5, 0.6) is 0 Å². The van der Waals surface area contributed by atoms with Gasteiger partial charge in [-0.15, -0.1) is 5.26 Å². The SMILES string of the molecule is N#COOC(=O)[N-][N+](=O)[O-]. The molecule has 0 aromatic heterocycles. The second-order valence-electron chi connectivity index (χ2n) is 0.862. The lowest BCUT2D eigenvalue weighted by atomic mass is 11.3. The maximum Gasteiger partial charge on any atom is 0.342 e. The molecule has 0 radical (unpaired) electrons. The van der Waals surface area contributed by atoms with E-state index in [-0.39, 0.29) is 0 Å². The van der Waals surface area contributed by atoms with Gasteiger partial charge < -0.3 is 0 Å². The summed E-state index contributed by atoms with van der Waals surface area (Å²) in [6.45, 7) is 0. The monoisotopic (exact) mass is 146 g/mol. The van der Waals surface area contributed by atoms with Crippen molar-refractivity contribution in [2.75, 3.05) is 0 Å². The van der Waals surface area contributed by atoms with Crippen LogP contribution in [0.15, 0.2) is 0 Å². The third-order valence-electron chi connectivity index (χ3n) is 0.314. The molecule has 0 unspecified atom stereocenters. The molecular formula is C2N3O5-. The van der Waals surface area contributed by atoms with Crippen molar-refractivity contribution in [1.29, 1.82) is 5.26 Å². The van der Waals surface area contributed by atoms with Gasteiger partial charge >= 0.3 is 12.3 Å². The van der Waals surface area contributed by atoms with E-state index in [1.165, 1.54) is 0 Å². The maximum absolute atomic E-state index is 9.91. The predicted molar refractivity (Wildman–Crippen MR) is 23.5 cm³/mol. The quantitative estimate of drug-likeness (QED) is 0.236. The molecule has 0 saturated heterocycles. The summed E-state index contributed by atoms with van der Waals surface area (Å²) >= 11 is 0. The largest absolute Gasteiger partial charge is 0.342 e. The lowest BCUT2D eigenvalue weighted by Crippen LogP contribution is -2.03. The van der Waals surface area contributed by atoms with E-state index in [4.69, 9.17) is 5.26 Å². The first-order valence-electron chi connectivity index (χ1n) is 1.79. The van der Waals surface area contributed by atoms with Crippen LogP contribution >= 0.6 is 0 Å². The number of hydrogen-bond donors (Lipinski definition) is 0. The summed E-state index contributed by atoms with van der Waals surface area (Å²) in [7, 11) is 0. The highest BCUT2D eigenvalue weighted by molar-refractivity contribution is 5.78. The van der Waals surface area contributed by atoms with Crippen molar-refractivity contribution < 1.29 is 19.6 Å². The molecule has 0 rings (SSSR count). The van der Waals surface area contributed by atoms with E-state index in [9.17, 15) is 14.9 Å². The lowest BCUT2D eigenvalue weighted by molar-refractivity contribution is -0.422. The van der Waals surface area contributed by atoms with Gasteiger partial charge in [-0.05, 0) is 5.03 Å².